The van der Waals surface area contributed by atoms with Crippen LogP contribution in [0.4, 0.5) is 0 Å². The molecule has 0 heterocycles. The molecule has 0 rings (SSSR count). The molecule has 0 aromatic carbocycles. The summed E-state index contributed by atoms with van der Waals surface area (Å²) in [5.74, 6) is -0.234. The van der Waals surface area contributed by atoms with E-state index >= 15 is 0 Å². The smallest absolute Gasteiger partial charge is 0.870 e. The van der Waals surface area contributed by atoms with Crippen molar-refractivity contribution in [3.8, 4) is 0 Å². The van der Waals surface area contributed by atoms with Gasteiger partial charge in [0.25, 0.3) is 0 Å². The molecule has 0 fully saturated rings. The van der Waals surface area contributed by atoms with Crippen molar-refractivity contribution in [2.45, 2.75) is 13.8 Å². The second kappa shape index (κ2) is 9.85. The molecule has 0 saturated heterocycles. The quantitative estimate of drug-likeness (QED) is 0.220. The molecule has 0 spiro atoms. The fraction of sp³-hybridized carbons (Fsp3) is 0.333. The van der Waals surface area contributed by atoms with Crippen LogP contribution < -0.4 is 58.2 Å². The molecular weight excluding hydrogens is 206 g/mol. The van der Waals surface area contributed by atoms with Crippen LogP contribution >= 0.6 is 0 Å². The van der Waals surface area contributed by atoms with Gasteiger partial charge in [-0.3, -0.25) is 0 Å². The standard InChI is InChI=1S/C6H7O2.H2O.Rb/c1-3-6(4-7)5(2)8;;/h3H,1-2H3;1H2;/q-1;;+1/p-1/b6-3-;;. The number of rotatable bonds is 2. The molecule has 3 nitrogen and oxygen atoms in total. The van der Waals surface area contributed by atoms with Crippen LogP contribution in [0, 0.1) is 0 Å². The van der Waals surface area contributed by atoms with E-state index in [9.17, 15) is 9.59 Å². The fourth-order valence-electron chi connectivity index (χ4n) is 0.334. The Kier molecular flexibility index (Phi) is 16.8. The van der Waals surface area contributed by atoms with E-state index in [-0.39, 0.29) is 75.0 Å². The van der Waals surface area contributed by atoms with Crippen molar-refractivity contribution in [2.75, 3.05) is 0 Å². The van der Waals surface area contributed by atoms with Crippen molar-refractivity contribution in [2.24, 2.45) is 0 Å². The second-order valence-corrected chi connectivity index (χ2v) is 1.36. The SMILES string of the molecule is C/C=C(/[C-]=O)C(C)=O.[OH-].[Rb+]. The Bertz CT molecular complexity index is 140. The molecular formula is C6H8O3Rb-. The van der Waals surface area contributed by atoms with E-state index in [0.29, 0.717) is 0 Å². The summed E-state index contributed by atoms with van der Waals surface area (Å²) in [6.45, 7) is 2.96. The Balaban J connectivity index is -0.000000245. The maximum absolute atomic E-state index is 10.3. The Morgan fingerprint density at radius 3 is 1.90 bits per heavy atom. The molecule has 0 aliphatic carbocycles. The molecule has 52 valence electrons. The van der Waals surface area contributed by atoms with E-state index in [1.165, 1.54) is 19.3 Å². The van der Waals surface area contributed by atoms with Crippen LogP contribution in [0.25, 0.3) is 0 Å². The first-order valence-corrected chi connectivity index (χ1v) is 2.27. The number of allylic oxidation sites excluding steroid dienone is 2. The summed E-state index contributed by atoms with van der Waals surface area (Å²) < 4.78 is 0. The molecule has 1 N–H and O–H groups in total. The van der Waals surface area contributed by atoms with E-state index in [1.54, 1.807) is 6.92 Å². The first-order valence-electron chi connectivity index (χ1n) is 2.27. The number of ketones is 1. The second-order valence-electron chi connectivity index (χ2n) is 1.36. The Morgan fingerprint density at radius 2 is 1.90 bits per heavy atom. The van der Waals surface area contributed by atoms with E-state index < -0.39 is 0 Å². The molecule has 0 bridgehead atoms. The van der Waals surface area contributed by atoms with E-state index in [1.807, 2.05) is 0 Å². The van der Waals surface area contributed by atoms with Crippen molar-refractivity contribution in [3.05, 3.63) is 11.6 Å². The summed E-state index contributed by atoms with van der Waals surface area (Å²) in [5, 5.41) is 0. The molecule has 4 heteroatoms. The van der Waals surface area contributed by atoms with Crippen LogP contribution in [0.3, 0.4) is 0 Å². The number of hydrogen-bond acceptors (Lipinski definition) is 3. The molecule has 0 saturated carbocycles. The summed E-state index contributed by atoms with van der Waals surface area (Å²) in [4.78, 5) is 20.0. The minimum absolute atomic E-state index is 0. The Hall–Kier alpha value is 0.845. The van der Waals surface area contributed by atoms with Gasteiger partial charge in [0, 0.05) is 5.78 Å². The van der Waals surface area contributed by atoms with Crippen LogP contribution in [-0.2, 0) is 9.59 Å². The van der Waals surface area contributed by atoms with Crippen molar-refractivity contribution in [1.29, 1.82) is 0 Å². The van der Waals surface area contributed by atoms with Gasteiger partial charge in [0.15, 0.2) is 0 Å². The molecule has 0 atom stereocenters. The van der Waals surface area contributed by atoms with E-state index in [2.05, 4.69) is 0 Å². The van der Waals surface area contributed by atoms with E-state index in [4.69, 9.17) is 0 Å². The van der Waals surface area contributed by atoms with Gasteiger partial charge in [-0.1, -0.05) is 6.92 Å². The third-order valence-corrected chi connectivity index (χ3v) is 0.778. The first-order chi connectivity index (χ1) is 3.72. The Labute approximate surface area is 109 Å². The number of Topliss-reactive ketones (excluding diaryl/α,β-unsaturated/α-hetero) is 1. The fourth-order valence-corrected chi connectivity index (χ4v) is 0.334. The first kappa shape index (κ1) is 17.1. The minimum Gasteiger partial charge on any atom is -0.870 e. The average Bonchev–Trinajstić information content (AvgIpc) is 1.69. The largest absolute Gasteiger partial charge is 1.00 e. The number of carbonyl (C=O) groups is 1. The summed E-state index contributed by atoms with van der Waals surface area (Å²) in [7, 11) is 0. The van der Waals surface area contributed by atoms with E-state index in [0.717, 1.165) is 0 Å². The maximum atomic E-state index is 10.3. The van der Waals surface area contributed by atoms with Crippen molar-refractivity contribution in [1.82, 2.24) is 0 Å². The summed E-state index contributed by atoms with van der Waals surface area (Å²) >= 11 is 0. The van der Waals surface area contributed by atoms with Gasteiger partial charge < -0.3 is 15.1 Å². The summed E-state index contributed by atoms with van der Waals surface area (Å²) in [5.41, 5.74) is 0.116. The van der Waals surface area contributed by atoms with Gasteiger partial charge in [0.05, 0.1) is 6.29 Å². The topological polar surface area (TPSA) is 64.1 Å². The molecule has 0 aliphatic heterocycles. The average molecular weight is 214 g/mol. The van der Waals surface area contributed by atoms with Crippen LogP contribution in [0.5, 0.6) is 0 Å². The predicted octanol–water partition coefficient (Wildman–Crippen LogP) is -2.54. The zero-order valence-electron chi connectivity index (χ0n) is 6.34. The van der Waals surface area contributed by atoms with Gasteiger partial charge in [-0.25, -0.2) is 0 Å². The molecule has 10 heavy (non-hydrogen) atoms. The summed E-state index contributed by atoms with van der Waals surface area (Å²) in [6.07, 6.45) is 2.95. The van der Waals surface area contributed by atoms with Gasteiger partial charge in [-0.15, -0.1) is 5.57 Å². The third-order valence-electron chi connectivity index (χ3n) is 0.778. The third kappa shape index (κ3) is 6.96. The van der Waals surface area contributed by atoms with Gasteiger partial charge >= 0.3 is 58.2 Å². The molecule has 0 aromatic rings. The number of hydrogen-bond donors (Lipinski definition) is 0. The molecule has 0 radical (unpaired) electrons. The van der Waals surface area contributed by atoms with Crippen LogP contribution in [0.15, 0.2) is 11.6 Å². The van der Waals surface area contributed by atoms with Gasteiger partial charge in [0.1, 0.15) is 0 Å². The van der Waals surface area contributed by atoms with Crippen molar-refractivity contribution >= 4 is 12.1 Å². The predicted molar refractivity (Wildman–Crippen MR) is 32.1 cm³/mol. The zero-order chi connectivity index (χ0) is 6.57. The monoisotopic (exact) mass is 213 g/mol. The van der Waals surface area contributed by atoms with Crippen molar-refractivity contribution < 1.29 is 73.3 Å². The van der Waals surface area contributed by atoms with Crippen LogP contribution in [0.1, 0.15) is 13.8 Å². The summed E-state index contributed by atoms with van der Waals surface area (Å²) in [6, 6.07) is 0. The molecule has 0 unspecified atom stereocenters. The van der Waals surface area contributed by atoms with Gasteiger partial charge in [-0.05, 0) is 6.92 Å². The molecule has 0 aliphatic rings. The van der Waals surface area contributed by atoms with Crippen LogP contribution in [-0.4, -0.2) is 17.5 Å². The zero-order valence-corrected chi connectivity index (χ0v) is 11.3. The molecule has 0 aromatic heterocycles. The number of carbonyl (C=O) groups excluding carboxylic acids is 2. The maximum Gasteiger partial charge on any atom is 1.00 e. The Morgan fingerprint density at radius 1 is 1.50 bits per heavy atom. The molecule has 0 amide bonds. The van der Waals surface area contributed by atoms with Crippen LogP contribution in [0.2, 0.25) is 0 Å². The van der Waals surface area contributed by atoms with Crippen molar-refractivity contribution in [3.63, 3.8) is 0 Å². The minimum atomic E-state index is -0.234. The van der Waals surface area contributed by atoms with Gasteiger partial charge in [0.2, 0.25) is 0 Å². The van der Waals surface area contributed by atoms with Gasteiger partial charge in [-0.2, -0.15) is 6.08 Å². The normalized spacial score (nSPS) is 8.80.